The van der Waals surface area contributed by atoms with E-state index in [-0.39, 0.29) is 5.91 Å². The number of nitrogens with zero attached hydrogens (tertiary/aromatic N) is 2. The fourth-order valence-electron chi connectivity index (χ4n) is 2.29. The molecule has 5 heteroatoms. The highest BCUT2D eigenvalue weighted by molar-refractivity contribution is 7.16. The van der Waals surface area contributed by atoms with Crippen molar-refractivity contribution in [3.05, 3.63) is 63.4 Å². The Morgan fingerprint density at radius 1 is 1.35 bits per heavy atom. The third-order valence-electron chi connectivity index (χ3n) is 3.39. The third kappa shape index (κ3) is 3.07. The minimum atomic E-state index is -0.371. The second-order valence-corrected chi connectivity index (χ2v) is 6.46. The SMILES string of the molecule is C#CCn1c(=NC(=O)c2ccccc2Cl)sc2cc(C)ccc21. The molecule has 0 aliphatic heterocycles. The number of carbonyl (C=O) groups excluding carboxylic acids is 1. The first kappa shape index (κ1) is 15.5. The van der Waals surface area contributed by atoms with Crippen molar-refractivity contribution in [2.75, 3.05) is 0 Å². The number of terminal acetylenes is 1. The normalized spacial score (nSPS) is 11.6. The van der Waals surface area contributed by atoms with E-state index in [1.54, 1.807) is 24.3 Å². The lowest BCUT2D eigenvalue weighted by Gasteiger charge is -2.01. The largest absolute Gasteiger partial charge is 0.305 e. The van der Waals surface area contributed by atoms with Crippen LogP contribution in [0, 0.1) is 19.3 Å². The number of aryl methyl sites for hydroxylation is 1. The van der Waals surface area contributed by atoms with Gasteiger partial charge in [-0.25, -0.2) is 0 Å². The Hall–Kier alpha value is -2.35. The molecule has 0 atom stereocenters. The highest BCUT2D eigenvalue weighted by Crippen LogP contribution is 2.20. The highest BCUT2D eigenvalue weighted by Gasteiger charge is 2.11. The monoisotopic (exact) mass is 340 g/mol. The van der Waals surface area contributed by atoms with E-state index in [4.69, 9.17) is 18.0 Å². The molecular formula is C18H13ClN2OS. The summed E-state index contributed by atoms with van der Waals surface area (Å²) in [6.07, 6.45) is 5.46. The van der Waals surface area contributed by atoms with Crippen LogP contribution >= 0.6 is 22.9 Å². The van der Waals surface area contributed by atoms with Crippen LogP contribution in [-0.2, 0) is 6.54 Å². The number of fused-ring (bicyclic) bond motifs is 1. The van der Waals surface area contributed by atoms with Gasteiger partial charge in [0.15, 0.2) is 4.80 Å². The highest BCUT2D eigenvalue weighted by atomic mass is 35.5. The summed E-state index contributed by atoms with van der Waals surface area (Å²) < 4.78 is 2.92. The van der Waals surface area contributed by atoms with Crippen molar-refractivity contribution in [2.45, 2.75) is 13.5 Å². The zero-order valence-electron chi connectivity index (χ0n) is 12.4. The van der Waals surface area contributed by atoms with Crippen molar-refractivity contribution in [1.82, 2.24) is 4.57 Å². The molecule has 0 saturated carbocycles. The predicted molar refractivity (Wildman–Crippen MR) is 94.7 cm³/mol. The van der Waals surface area contributed by atoms with Crippen molar-refractivity contribution in [1.29, 1.82) is 0 Å². The Labute approximate surface area is 142 Å². The first-order valence-corrected chi connectivity index (χ1v) is 8.16. The van der Waals surface area contributed by atoms with Crippen LogP contribution in [0.1, 0.15) is 15.9 Å². The summed E-state index contributed by atoms with van der Waals surface area (Å²) in [6, 6.07) is 13.0. The third-order valence-corrected chi connectivity index (χ3v) is 4.76. The second-order valence-electron chi connectivity index (χ2n) is 5.04. The average Bonchev–Trinajstić information content (AvgIpc) is 2.84. The Morgan fingerprint density at radius 3 is 2.87 bits per heavy atom. The van der Waals surface area contributed by atoms with Crippen LogP contribution in [0.15, 0.2) is 47.5 Å². The molecule has 0 radical (unpaired) electrons. The standard InChI is InChI=1S/C18H13ClN2OS/c1-3-10-21-15-9-8-12(2)11-16(15)23-18(21)20-17(22)13-6-4-5-7-14(13)19/h1,4-9,11H,10H2,2H3. The quantitative estimate of drug-likeness (QED) is 0.648. The number of amides is 1. The lowest BCUT2D eigenvalue weighted by molar-refractivity contribution is 0.0998. The average molecular weight is 341 g/mol. The molecule has 3 nitrogen and oxygen atoms in total. The molecule has 3 aromatic rings. The second kappa shape index (κ2) is 6.41. The van der Waals surface area contributed by atoms with Gasteiger partial charge in [-0.2, -0.15) is 4.99 Å². The van der Waals surface area contributed by atoms with Gasteiger partial charge in [0.1, 0.15) is 0 Å². The Balaban J connectivity index is 2.19. The molecule has 1 heterocycles. The molecule has 0 aliphatic carbocycles. The maximum absolute atomic E-state index is 12.4. The number of aromatic nitrogens is 1. The maximum atomic E-state index is 12.4. The van der Waals surface area contributed by atoms with E-state index in [0.29, 0.717) is 21.9 Å². The molecule has 2 aromatic carbocycles. The van der Waals surface area contributed by atoms with Crippen LogP contribution < -0.4 is 4.80 Å². The van der Waals surface area contributed by atoms with E-state index in [1.807, 2.05) is 23.6 Å². The van der Waals surface area contributed by atoms with Gasteiger partial charge >= 0.3 is 0 Å². The van der Waals surface area contributed by atoms with Crippen molar-refractivity contribution in [3.63, 3.8) is 0 Å². The van der Waals surface area contributed by atoms with Gasteiger partial charge in [-0.1, -0.05) is 47.1 Å². The minimum absolute atomic E-state index is 0.359. The number of hydrogen-bond donors (Lipinski definition) is 0. The molecule has 114 valence electrons. The molecule has 0 N–H and O–H groups in total. The van der Waals surface area contributed by atoms with Gasteiger partial charge in [0, 0.05) is 0 Å². The van der Waals surface area contributed by atoms with E-state index in [1.165, 1.54) is 11.3 Å². The van der Waals surface area contributed by atoms with Crippen molar-refractivity contribution in [2.24, 2.45) is 4.99 Å². The molecule has 1 amide bonds. The molecule has 3 rings (SSSR count). The van der Waals surface area contributed by atoms with Gasteiger partial charge in [0.2, 0.25) is 0 Å². The molecule has 0 aliphatic rings. The predicted octanol–water partition coefficient (Wildman–Crippen LogP) is 4.04. The fourth-order valence-corrected chi connectivity index (χ4v) is 3.63. The van der Waals surface area contributed by atoms with Crippen molar-refractivity contribution >= 4 is 39.1 Å². The summed E-state index contributed by atoms with van der Waals surface area (Å²) in [5.41, 5.74) is 2.51. The number of carbonyl (C=O) groups is 1. The van der Waals surface area contributed by atoms with E-state index < -0.39 is 0 Å². The zero-order chi connectivity index (χ0) is 16.4. The number of hydrogen-bond acceptors (Lipinski definition) is 2. The molecule has 0 spiro atoms. The molecule has 23 heavy (non-hydrogen) atoms. The Kier molecular flexibility index (Phi) is 4.33. The molecular weight excluding hydrogens is 328 g/mol. The maximum Gasteiger partial charge on any atom is 0.281 e. The van der Waals surface area contributed by atoms with Gasteiger partial charge in [-0.05, 0) is 36.8 Å². The van der Waals surface area contributed by atoms with Gasteiger partial charge < -0.3 is 4.57 Å². The molecule has 1 aromatic heterocycles. The number of thiazole rings is 1. The molecule has 0 saturated heterocycles. The van der Waals surface area contributed by atoms with Crippen LogP contribution in [0.5, 0.6) is 0 Å². The van der Waals surface area contributed by atoms with Crippen LogP contribution in [0.25, 0.3) is 10.2 Å². The summed E-state index contributed by atoms with van der Waals surface area (Å²) in [5.74, 6) is 2.24. The summed E-state index contributed by atoms with van der Waals surface area (Å²) in [6.45, 7) is 2.38. The Bertz CT molecular complexity index is 1010. The lowest BCUT2D eigenvalue weighted by Crippen LogP contribution is -2.16. The van der Waals surface area contributed by atoms with E-state index in [2.05, 4.69) is 17.0 Å². The van der Waals surface area contributed by atoms with Gasteiger partial charge in [0.25, 0.3) is 5.91 Å². The first-order valence-electron chi connectivity index (χ1n) is 6.97. The Morgan fingerprint density at radius 2 is 2.13 bits per heavy atom. The topological polar surface area (TPSA) is 34.4 Å². The molecule has 0 unspecified atom stereocenters. The van der Waals surface area contributed by atoms with E-state index in [9.17, 15) is 4.79 Å². The van der Waals surface area contributed by atoms with Gasteiger partial charge in [0.05, 0.1) is 27.3 Å². The van der Waals surface area contributed by atoms with Crippen molar-refractivity contribution < 1.29 is 4.79 Å². The smallest absolute Gasteiger partial charge is 0.281 e. The first-order chi connectivity index (χ1) is 11.1. The molecule has 0 bridgehead atoms. The zero-order valence-corrected chi connectivity index (χ0v) is 14.0. The van der Waals surface area contributed by atoms with Crippen molar-refractivity contribution in [3.8, 4) is 12.3 Å². The summed E-state index contributed by atoms with van der Waals surface area (Å²) in [7, 11) is 0. The lowest BCUT2D eigenvalue weighted by atomic mass is 10.2. The fraction of sp³-hybridized carbons (Fsp3) is 0.111. The van der Waals surface area contributed by atoms with Crippen LogP contribution in [0.3, 0.4) is 0 Å². The van der Waals surface area contributed by atoms with E-state index in [0.717, 1.165) is 15.8 Å². The summed E-state index contributed by atoms with van der Waals surface area (Å²) in [4.78, 5) is 17.2. The number of halogens is 1. The van der Waals surface area contributed by atoms with Crippen LogP contribution in [0.2, 0.25) is 5.02 Å². The minimum Gasteiger partial charge on any atom is -0.305 e. The van der Waals surface area contributed by atoms with Gasteiger partial charge in [-0.15, -0.1) is 6.42 Å². The summed E-state index contributed by atoms with van der Waals surface area (Å²) >= 11 is 7.51. The van der Waals surface area contributed by atoms with Crippen LogP contribution in [-0.4, -0.2) is 10.5 Å². The summed E-state index contributed by atoms with van der Waals surface area (Å²) in [5, 5.41) is 0.390. The van der Waals surface area contributed by atoms with Crippen LogP contribution in [0.4, 0.5) is 0 Å². The van der Waals surface area contributed by atoms with Gasteiger partial charge in [-0.3, -0.25) is 4.79 Å². The number of rotatable bonds is 2. The number of benzene rings is 2. The molecule has 0 fully saturated rings. The van der Waals surface area contributed by atoms with E-state index >= 15 is 0 Å².